The van der Waals surface area contributed by atoms with Crippen LogP contribution in [0, 0.1) is 0 Å². The van der Waals surface area contributed by atoms with Gasteiger partial charge in [0.1, 0.15) is 0 Å². The molecule has 0 aliphatic rings. The Morgan fingerprint density at radius 3 is 1.14 bits per heavy atom. The first kappa shape index (κ1) is 26.1. The van der Waals surface area contributed by atoms with Crippen molar-refractivity contribution in [3.8, 4) is 0 Å². The molecule has 0 spiro atoms. The van der Waals surface area contributed by atoms with Crippen LogP contribution in [0.5, 0.6) is 0 Å². The van der Waals surface area contributed by atoms with Gasteiger partial charge in [0, 0.05) is 11.9 Å². The van der Waals surface area contributed by atoms with Gasteiger partial charge in [0.25, 0.3) is 0 Å². The predicted octanol–water partition coefficient (Wildman–Crippen LogP) is 8.26. The molecular weight excluding hydrogens is 268 g/mol. The molecular formula is C20H52Si. The molecule has 0 nitrogen and oxygen atoms in total. The zero-order valence-electron chi connectivity index (χ0n) is 15.7. The lowest BCUT2D eigenvalue weighted by molar-refractivity contribution is 0.624. The second-order valence-electron chi connectivity index (χ2n) is 5.29. The average Bonchev–Trinajstić information content (AvgIpc) is 2.38. The number of rotatable bonds is 12. The highest BCUT2D eigenvalue weighted by atomic mass is 28.2. The van der Waals surface area contributed by atoms with E-state index in [-0.39, 0.29) is 22.3 Å². The van der Waals surface area contributed by atoms with Crippen LogP contribution in [0.1, 0.15) is 120 Å². The van der Waals surface area contributed by atoms with Crippen molar-refractivity contribution >= 4 is 9.38 Å². The quantitative estimate of drug-likeness (QED) is 0.250. The number of hydrogen-bond acceptors (Lipinski definition) is 0. The van der Waals surface area contributed by atoms with E-state index in [1.165, 1.54) is 70.6 Å². The molecule has 0 saturated carbocycles. The molecule has 0 fully saturated rings. The Balaban J connectivity index is -0.0000000880. The maximum absolute atomic E-state index is 7.45. The van der Waals surface area contributed by atoms with Gasteiger partial charge in [-0.25, -0.2) is 0 Å². The molecule has 0 heterocycles. The SMILES string of the molecule is C.C.C.CCCCCCCC.[3H][Si]([3H])(C)CCCCCCCC. The average molecular weight is 325 g/mol. The van der Waals surface area contributed by atoms with Crippen LogP contribution in [0.2, 0.25) is 12.6 Å². The molecule has 0 aliphatic carbocycles. The highest BCUT2D eigenvalue weighted by Gasteiger charge is 1.87. The fourth-order valence-electron chi connectivity index (χ4n) is 1.94. The van der Waals surface area contributed by atoms with E-state index >= 15 is 0 Å². The molecule has 136 valence electrons. The minimum atomic E-state index is -2.23. The van der Waals surface area contributed by atoms with Crippen molar-refractivity contribution in [2.75, 3.05) is 0 Å². The normalized spacial score (nSPS) is 10.7. The van der Waals surface area contributed by atoms with Crippen LogP contribution in [-0.4, -0.2) is 11.9 Å². The van der Waals surface area contributed by atoms with Gasteiger partial charge < -0.3 is 0 Å². The minimum absolute atomic E-state index is 0. The second-order valence-corrected chi connectivity index (χ2v) is 6.49. The van der Waals surface area contributed by atoms with E-state index in [0.29, 0.717) is 0 Å². The third-order valence-corrected chi connectivity index (χ3v) is 4.09. The Morgan fingerprint density at radius 1 is 0.571 bits per heavy atom. The van der Waals surface area contributed by atoms with E-state index < -0.39 is 9.38 Å². The van der Waals surface area contributed by atoms with Gasteiger partial charge in [0.2, 0.25) is 0 Å². The maximum atomic E-state index is 7.45. The molecule has 0 aromatic carbocycles. The monoisotopic (exact) mass is 324 g/mol. The maximum Gasteiger partial charge on any atom is 0.0166 e. The largest absolute Gasteiger partial charge is 0.0776 e. The van der Waals surface area contributed by atoms with E-state index in [4.69, 9.17) is 2.47 Å². The van der Waals surface area contributed by atoms with Gasteiger partial charge in [0.15, 0.2) is 0 Å². The topological polar surface area (TPSA) is 0 Å². The molecule has 0 bridgehead atoms. The summed E-state index contributed by atoms with van der Waals surface area (Å²) in [6.45, 7) is 8.54. The van der Waals surface area contributed by atoms with Crippen molar-refractivity contribution in [1.29, 1.82) is 2.47 Å². The van der Waals surface area contributed by atoms with Gasteiger partial charge in [-0.05, 0) is 0 Å². The number of hydrogen-bond donors (Lipinski definition) is 0. The third kappa shape index (κ3) is 45.0. The van der Waals surface area contributed by atoms with Crippen molar-refractivity contribution in [3.05, 3.63) is 0 Å². The molecule has 0 amide bonds. The van der Waals surface area contributed by atoms with E-state index in [0.717, 1.165) is 12.5 Å². The standard InChI is InChI=1S/C9H22Si.C8H18.3CH4/c1-3-4-5-6-7-8-9-10-2;1-3-5-7-8-6-4-2;;;/h3-10H2,1-2H3;3-8H2,1-2H3;3*1H4/i10T2;;;;. The summed E-state index contributed by atoms with van der Waals surface area (Å²) < 4.78 is 14.9. The van der Waals surface area contributed by atoms with Crippen LogP contribution in [0.4, 0.5) is 0 Å². The molecule has 0 unspecified atom stereocenters. The van der Waals surface area contributed by atoms with Crippen molar-refractivity contribution < 1.29 is 0 Å². The van der Waals surface area contributed by atoms with Gasteiger partial charge in [0.05, 0.1) is 0 Å². The summed E-state index contributed by atoms with van der Waals surface area (Å²) in [5.74, 6) is 0. The van der Waals surface area contributed by atoms with Gasteiger partial charge in [-0.3, -0.25) is 0 Å². The first-order valence-electron chi connectivity index (χ1n) is 9.47. The molecule has 0 atom stereocenters. The van der Waals surface area contributed by atoms with E-state index in [2.05, 4.69) is 20.8 Å². The van der Waals surface area contributed by atoms with Gasteiger partial charge in [-0.1, -0.05) is 133 Å². The summed E-state index contributed by atoms with van der Waals surface area (Å²) in [7, 11) is -2.23. The summed E-state index contributed by atoms with van der Waals surface area (Å²) >= 11 is 0. The van der Waals surface area contributed by atoms with Crippen LogP contribution in [0.15, 0.2) is 0 Å². The zero-order valence-corrected chi connectivity index (χ0v) is 14.7. The van der Waals surface area contributed by atoms with E-state index in [1.807, 2.05) is 0 Å². The molecule has 0 radical (unpaired) electrons. The molecule has 0 aromatic heterocycles. The van der Waals surface area contributed by atoms with Crippen LogP contribution < -0.4 is 0 Å². The number of unbranched alkanes of at least 4 members (excludes halogenated alkanes) is 10. The Labute approximate surface area is 145 Å². The predicted molar refractivity (Wildman–Crippen MR) is 112 cm³/mol. The highest BCUT2D eigenvalue weighted by molar-refractivity contribution is 6.33. The van der Waals surface area contributed by atoms with E-state index in [9.17, 15) is 0 Å². The first-order valence-corrected chi connectivity index (χ1v) is 10.2. The van der Waals surface area contributed by atoms with Gasteiger partial charge in [-0.2, -0.15) is 0 Å². The molecule has 0 N–H and O–H groups in total. The minimum Gasteiger partial charge on any atom is -0.0776 e. The summed E-state index contributed by atoms with van der Waals surface area (Å²) in [5, 5.41) is 0. The van der Waals surface area contributed by atoms with Gasteiger partial charge in [-0.15, -0.1) is 0 Å². The summed E-state index contributed by atoms with van der Waals surface area (Å²) in [4.78, 5) is 0. The summed E-state index contributed by atoms with van der Waals surface area (Å²) in [6.07, 6.45) is 16.1. The second kappa shape index (κ2) is 36.9. The Kier molecular flexibility index (Phi) is 46.0. The van der Waals surface area contributed by atoms with Crippen molar-refractivity contribution in [1.82, 2.24) is 0 Å². The lowest BCUT2D eigenvalue weighted by atomic mass is 10.1. The van der Waals surface area contributed by atoms with Crippen LogP contribution in [-0.2, 0) is 0 Å². The highest BCUT2D eigenvalue weighted by Crippen LogP contribution is 2.06. The van der Waals surface area contributed by atoms with Crippen molar-refractivity contribution in [3.63, 3.8) is 0 Å². The third-order valence-electron chi connectivity index (χ3n) is 3.24. The van der Waals surface area contributed by atoms with Crippen LogP contribution in [0.25, 0.3) is 0 Å². The molecule has 0 aliphatic heterocycles. The van der Waals surface area contributed by atoms with Crippen molar-refractivity contribution in [2.45, 2.75) is 133 Å². The van der Waals surface area contributed by atoms with E-state index in [1.54, 1.807) is 6.55 Å². The molecule has 1 heteroatoms. The van der Waals surface area contributed by atoms with Crippen LogP contribution >= 0.6 is 0 Å². The lowest BCUT2D eigenvalue weighted by Crippen LogP contribution is -1.82. The zero-order chi connectivity index (χ0) is 15.7. The fraction of sp³-hybridized carbons (Fsp3) is 1.00. The van der Waals surface area contributed by atoms with Crippen molar-refractivity contribution in [2.24, 2.45) is 0 Å². The fourth-order valence-corrected chi connectivity index (χ4v) is 2.54. The first-order chi connectivity index (χ1) is 9.47. The Hall–Kier alpha value is 0.217. The van der Waals surface area contributed by atoms with Gasteiger partial charge >= 0.3 is 0 Å². The molecule has 21 heavy (non-hydrogen) atoms. The Morgan fingerprint density at radius 2 is 0.857 bits per heavy atom. The molecule has 0 rings (SSSR count). The molecule has 0 aromatic rings. The smallest absolute Gasteiger partial charge is 0.0166 e. The lowest BCUT2D eigenvalue weighted by Gasteiger charge is -1.97. The molecule has 0 saturated heterocycles. The van der Waals surface area contributed by atoms with Crippen LogP contribution in [0.3, 0.4) is 0 Å². The summed E-state index contributed by atoms with van der Waals surface area (Å²) in [5.41, 5.74) is 0. The Bertz CT molecular complexity index is 162. The summed E-state index contributed by atoms with van der Waals surface area (Å²) in [6, 6.07) is 0.860.